The maximum absolute atomic E-state index is 3.52. The minimum atomic E-state index is 0.864. The lowest BCUT2D eigenvalue weighted by Gasteiger charge is -2.40. The first-order chi connectivity index (χ1) is 8.72. The van der Waals surface area contributed by atoms with Gasteiger partial charge in [0.25, 0.3) is 0 Å². The van der Waals surface area contributed by atoms with Crippen molar-refractivity contribution in [2.45, 2.75) is 58.9 Å². The molecule has 1 saturated heterocycles. The van der Waals surface area contributed by atoms with Crippen molar-refractivity contribution in [3.63, 3.8) is 0 Å². The van der Waals surface area contributed by atoms with Gasteiger partial charge in [0.05, 0.1) is 0 Å². The van der Waals surface area contributed by atoms with E-state index in [0.29, 0.717) is 0 Å². The van der Waals surface area contributed by atoms with Gasteiger partial charge in [-0.2, -0.15) is 0 Å². The van der Waals surface area contributed by atoms with Gasteiger partial charge in [0.15, 0.2) is 0 Å². The van der Waals surface area contributed by atoms with E-state index in [1.54, 1.807) is 0 Å². The van der Waals surface area contributed by atoms with Crippen LogP contribution in [0, 0.1) is 17.8 Å². The molecule has 2 rings (SSSR count). The summed E-state index contributed by atoms with van der Waals surface area (Å²) in [6.45, 7) is 12.1. The molecule has 1 heterocycles. The normalized spacial score (nSPS) is 34.3. The fourth-order valence-electron chi connectivity index (χ4n) is 4.05. The quantitative estimate of drug-likeness (QED) is 0.809. The first kappa shape index (κ1) is 14.3. The summed E-state index contributed by atoms with van der Waals surface area (Å²) in [5.41, 5.74) is 0. The van der Waals surface area contributed by atoms with Crippen molar-refractivity contribution >= 4 is 0 Å². The van der Waals surface area contributed by atoms with Gasteiger partial charge in [-0.25, -0.2) is 0 Å². The second-order valence-electron chi connectivity index (χ2n) is 6.72. The third kappa shape index (κ3) is 3.48. The van der Waals surface area contributed by atoms with E-state index >= 15 is 0 Å². The number of nitrogens with zero attached hydrogens (tertiary/aromatic N) is 1. The Hall–Kier alpha value is -0.0800. The largest absolute Gasteiger partial charge is 0.317 e. The number of hydrogen-bond acceptors (Lipinski definition) is 2. The molecule has 0 amide bonds. The molecule has 0 radical (unpaired) electrons. The van der Waals surface area contributed by atoms with Crippen molar-refractivity contribution in [3.8, 4) is 0 Å². The van der Waals surface area contributed by atoms with Crippen molar-refractivity contribution < 1.29 is 0 Å². The Bertz CT molecular complexity index is 239. The highest BCUT2D eigenvalue weighted by Crippen LogP contribution is 2.35. The summed E-state index contributed by atoms with van der Waals surface area (Å²) >= 11 is 0. The zero-order valence-electron chi connectivity index (χ0n) is 12.6. The van der Waals surface area contributed by atoms with Crippen molar-refractivity contribution in [2.75, 3.05) is 26.2 Å². The Balaban J connectivity index is 1.86. The van der Waals surface area contributed by atoms with Gasteiger partial charge >= 0.3 is 0 Å². The van der Waals surface area contributed by atoms with Crippen LogP contribution < -0.4 is 5.32 Å². The standard InChI is InChI=1S/C16H32N2/c1-4-17-11-14-9-10-18(12-14)16-8-6-5-7-15(16)13(2)3/h13-17H,4-12H2,1-3H3. The van der Waals surface area contributed by atoms with Crippen LogP contribution in [0.15, 0.2) is 0 Å². The minimum Gasteiger partial charge on any atom is -0.317 e. The summed E-state index contributed by atoms with van der Waals surface area (Å²) in [6, 6.07) is 0.894. The van der Waals surface area contributed by atoms with E-state index in [2.05, 4.69) is 31.0 Å². The topological polar surface area (TPSA) is 15.3 Å². The van der Waals surface area contributed by atoms with E-state index < -0.39 is 0 Å². The van der Waals surface area contributed by atoms with Crippen LogP contribution in [0.5, 0.6) is 0 Å². The van der Waals surface area contributed by atoms with Crippen LogP contribution in [0.2, 0.25) is 0 Å². The van der Waals surface area contributed by atoms with Gasteiger partial charge in [-0.1, -0.05) is 33.6 Å². The molecule has 1 aliphatic carbocycles. The second-order valence-corrected chi connectivity index (χ2v) is 6.72. The molecular weight excluding hydrogens is 220 g/mol. The highest BCUT2D eigenvalue weighted by atomic mass is 15.2. The highest BCUT2D eigenvalue weighted by Gasteiger charge is 2.35. The zero-order valence-corrected chi connectivity index (χ0v) is 12.6. The van der Waals surface area contributed by atoms with Gasteiger partial charge < -0.3 is 5.32 Å². The molecule has 0 bridgehead atoms. The van der Waals surface area contributed by atoms with Crippen molar-refractivity contribution in [2.24, 2.45) is 17.8 Å². The lowest BCUT2D eigenvalue weighted by molar-refractivity contribution is 0.0955. The van der Waals surface area contributed by atoms with Crippen LogP contribution >= 0.6 is 0 Å². The van der Waals surface area contributed by atoms with E-state index in [0.717, 1.165) is 30.3 Å². The van der Waals surface area contributed by atoms with Crippen LogP contribution in [0.25, 0.3) is 0 Å². The van der Waals surface area contributed by atoms with Gasteiger partial charge in [0.1, 0.15) is 0 Å². The first-order valence-corrected chi connectivity index (χ1v) is 8.17. The average molecular weight is 252 g/mol. The van der Waals surface area contributed by atoms with Crippen LogP contribution in [-0.4, -0.2) is 37.1 Å². The fraction of sp³-hybridized carbons (Fsp3) is 1.00. The molecule has 3 atom stereocenters. The molecule has 18 heavy (non-hydrogen) atoms. The molecule has 2 nitrogen and oxygen atoms in total. The second kappa shape index (κ2) is 6.91. The number of likely N-dealkylation sites (tertiary alicyclic amines) is 1. The Morgan fingerprint density at radius 3 is 2.67 bits per heavy atom. The third-order valence-corrected chi connectivity index (χ3v) is 5.11. The molecule has 1 N–H and O–H groups in total. The summed E-state index contributed by atoms with van der Waals surface area (Å²) in [5, 5.41) is 3.52. The maximum Gasteiger partial charge on any atom is 0.0126 e. The Kier molecular flexibility index (Phi) is 5.50. The summed E-state index contributed by atoms with van der Waals surface area (Å²) in [5.74, 6) is 2.72. The predicted molar refractivity (Wildman–Crippen MR) is 78.8 cm³/mol. The van der Waals surface area contributed by atoms with E-state index in [4.69, 9.17) is 0 Å². The average Bonchev–Trinajstić information content (AvgIpc) is 2.85. The molecule has 0 spiro atoms. The molecule has 106 valence electrons. The SMILES string of the molecule is CCNCC1CCN(C2CCCCC2C(C)C)C1. The summed E-state index contributed by atoms with van der Waals surface area (Å²) in [4.78, 5) is 2.83. The molecule has 2 fully saturated rings. The van der Waals surface area contributed by atoms with Gasteiger partial charge in [-0.05, 0) is 56.7 Å². The van der Waals surface area contributed by atoms with Crippen LogP contribution in [0.4, 0.5) is 0 Å². The van der Waals surface area contributed by atoms with E-state index in [-0.39, 0.29) is 0 Å². The number of rotatable bonds is 5. The molecule has 0 aromatic carbocycles. The fourth-order valence-corrected chi connectivity index (χ4v) is 4.05. The van der Waals surface area contributed by atoms with Crippen molar-refractivity contribution in [3.05, 3.63) is 0 Å². The first-order valence-electron chi connectivity index (χ1n) is 8.17. The van der Waals surface area contributed by atoms with Crippen LogP contribution in [0.3, 0.4) is 0 Å². The van der Waals surface area contributed by atoms with Crippen LogP contribution in [0.1, 0.15) is 52.9 Å². The number of hydrogen-bond donors (Lipinski definition) is 1. The molecule has 2 heteroatoms. The Labute approximate surface area is 114 Å². The van der Waals surface area contributed by atoms with Crippen molar-refractivity contribution in [1.29, 1.82) is 0 Å². The molecular formula is C16H32N2. The van der Waals surface area contributed by atoms with Gasteiger partial charge in [0, 0.05) is 12.6 Å². The van der Waals surface area contributed by atoms with Gasteiger partial charge in [0.2, 0.25) is 0 Å². The van der Waals surface area contributed by atoms with Gasteiger partial charge in [-0.3, -0.25) is 4.90 Å². The van der Waals surface area contributed by atoms with E-state index in [1.165, 1.54) is 51.7 Å². The maximum atomic E-state index is 3.52. The van der Waals surface area contributed by atoms with Crippen molar-refractivity contribution in [1.82, 2.24) is 10.2 Å². The molecule has 0 aromatic heterocycles. The molecule has 2 aliphatic rings. The minimum absolute atomic E-state index is 0.864. The monoisotopic (exact) mass is 252 g/mol. The molecule has 1 saturated carbocycles. The summed E-state index contributed by atoms with van der Waals surface area (Å²) in [7, 11) is 0. The Morgan fingerprint density at radius 1 is 1.17 bits per heavy atom. The van der Waals surface area contributed by atoms with E-state index in [1.807, 2.05) is 0 Å². The summed E-state index contributed by atoms with van der Waals surface area (Å²) < 4.78 is 0. The molecule has 3 unspecified atom stereocenters. The molecule has 1 aliphatic heterocycles. The van der Waals surface area contributed by atoms with E-state index in [9.17, 15) is 0 Å². The highest BCUT2D eigenvalue weighted by molar-refractivity contribution is 4.89. The summed E-state index contributed by atoms with van der Waals surface area (Å²) in [6.07, 6.45) is 7.26. The predicted octanol–water partition coefficient (Wildman–Crippen LogP) is 3.13. The Morgan fingerprint density at radius 2 is 1.94 bits per heavy atom. The molecule has 0 aromatic rings. The van der Waals surface area contributed by atoms with Gasteiger partial charge in [-0.15, -0.1) is 0 Å². The zero-order chi connectivity index (χ0) is 13.0. The third-order valence-electron chi connectivity index (χ3n) is 5.11. The van der Waals surface area contributed by atoms with Crippen LogP contribution in [-0.2, 0) is 0 Å². The lowest BCUT2D eigenvalue weighted by Crippen LogP contribution is -2.43. The lowest BCUT2D eigenvalue weighted by atomic mass is 9.77. The number of nitrogens with one attached hydrogen (secondary N) is 1. The smallest absolute Gasteiger partial charge is 0.0126 e.